The van der Waals surface area contributed by atoms with Crippen molar-refractivity contribution < 1.29 is 0 Å². The van der Waals surface area contributed by atoms with Gasteiger partial charge >= 0.3 is 0 Å². The van der Waals surface area contributed by atoms with Crippen molar-refractivity contribution in [3.8, 4) is 0 Å². The molecule has 0 unspecified atom stereocenters. The average Bonchev–Trinajstić information content (AvgIpc) is 2.85. The highest BCUT2D eigenvalue weighted by molar-refractivity contribution is 5.51. The molecule has 3 rings (SSSR count). The largest absolute Gasteiger partial charge is 0.363 e. The van der Waals surface area contributed by atoms with Gasteiger partial charge < -0.3 is 5.32 Å². The van der Waals surface area contributed by atoms with Crippen LogP contribution >= 0.6 is 0 Å². The Balaban J connectivity index is 2.00. The summed E-state index contributed by atoms with van der Waals surface area (Å²) in [5.41, 5.74) is 4.04. The van der Waals surface area contributed by atoms with Gasteiger partial charge in [-0.05, 0) is 38.0 Å². The highest BCUT2D eigenvalue weighted by atomic mass is 15.3. The van der Waals surface area contributed by atoms with Crippen molar-refractivity contribution in [1.29, 1.82) is 0 Å². The number of fused-ring (bicyclic) bond motifs is 1. The van der Waals surface area contributed by atoms with E-state index in [1.807, 2.05) is 55.0 Å². The number of pyridine rings is 1. The third kappa shape index (κ3) is 2.72. The van der Waals surface area contributed by atoms with Gasteiger partial charge in [0.15, 0.2) is 5.65 Å². The molecule has 0 amide bonds. The van der Waals surface area contributed by atoms with Gasteiger partial charge in [-0.2, -0.15) is 9.61 Å². The molecule has 3 aromatic rings. The predicted molar refractivity (Wildman–Crippen MR) is 83.4 cm³/mol. The van der Waals surface area contributed by atoms with Crippen LogP contribution in [-0.4, -0.2) is 19.6 Å². The lowest BCUT2D eigenvalue weighted by atomic mass is 10.1. The first-order valence-corrected chi connectivity index (χ1v) is 7.18. The van der Waals surface area contributed by atoms with Crippen molar-refractivity contribution in [2.75, 3.05) is 5.32 Å². The Morgan fingerprint density at radius 2 is 1.90 bits per heavy atom. The van der Waals surface area contributed by atoms with Gasteiger partial charge in [0.1, 0.15) is 5.82 Å². The molecule has 5 heteroatoms. The van der Waals surface area contributed by atoms with Gasteiger partial charge in [0.05, 0.1) is 11.7 Å². The smallest absolute Gasteiger partial charge is 0.157 e. The third-order valence-electron chi connectivity index (χ3n) is 3.52. The van der Waals surface area contributed by atoms with Crippen LogP contribution in [0.15, 0.2) is 36.7 Å². The van der Waals surface area contributed by atoms with Crippen LogP contribution in [0.25, 0.3) is 5.65 Å². The van der Waals surface area contributed by atoms with E-state index in [0.717, 1.165) is 29.3 Å². The summed E-state index contributed by atoms with van der Waals surface area (Å²) in [7, 11) is 0. The zero-order valence-corrected chi connectivity index (χ0v) is 12.5. The number of nitrogens with one attached hydrogen (secondary N) is 1. The van der Waals surface area contributed by atoms with Crippen LogP contribution in [0.1, 0.15) is 36.3 Å². The van der Waals surface area contributed by atoms with E-state index in [4.69, 9.17) is 0 Å². The minimum atomic E-state index is 0.225. The van der Waals surface area contributed by atoms with Crippen molar-refractivity contribution in [2.24, 2.45) is 0 Å². The molecule has 21 heavy (non-hydrogen) atoms. The molecular formula is C16H19N5. The van der Waals surface area contributed by atoms with Gasteiger partial charge in [-0.1, -0.05) is 6.92 Å². The molecule has 0 radical (unpaired) electrons. The van der Waals surface area contributed by atoms with Crippen LogP contribution in [0.3, 0.4) is 0 Å². The topological polar surface area (TPSA) is 55.1 Å². The first kappa shape index (κ1) is 13.5. The molecule has 0 bridgehead atoms. The zero-order chi connectivity index (χ0) is 14.8. The molecule has 3 heterocycles. The normalized spacial score (nSPS) is 12.5. The molecule has 5 nitrogen and oxygen atoms in total. The Bertz CT molecular complexity index is 748. The van der Waals surface area contributed by atoms with E-state index in [-0.39, 0.29) is 6.04 Å². The maximum absolute atomic E-state index is 4.51. The monoisotopic (exact) mass is 281 g/mol. The first-order valence-electron chi connectivity index (χ1n) is 7.18. The van der Waals surface area contributed by atoms with Crippen LogP contribution in [0.5, 0.6) is 0 Å². The standard InChI is InChI=1S/C16H19N5/c1-4-14(13-5-7-17-8-6-13)19-16-9-11(2)18-15-10-12(3)20-21(15)16/h5-10,14,19H,4H2,1-3H3/t14-/m1/s1. The lowest BCUT2D eigenvalue weighted by Gasteiger charge is -2.19. The molecule has 0 fully saturated rings. The molecule has 0 saturated carbocycles. The Morgan fingerprint density at radius 3 is 2.62 bits per heavy atom. The van der Waals surface area contributed by atoms with Crippen molar-refractivity contribution in [3.63, 3.8) is 0 Å². The lowest BCUT2D eigenvalue weighted by Crippen LogP contribution is -2.13. The minimum Gasteiger partial charge on any atom is -0.363 e. The SMILES string of the molecule is CC[C@@H](Nc1cc(C)nc2cc(C)nn12)c1ccncc1. The van der Waals surface area contributed by atoms with E-state index in [9.17, 15) is 0 Å². The number of aromatic nitrogens is 4. The first-order chi connectivity index (χ1) is 10.2. The van der Waals surface area contributed by atoms with Crippen LogP contribution in [0.4, 0.5) is 5.82 Å². The molecule has 1 atom stereocenters. The molecule has 1 N–H and O–H groups in total. The maximum atomic E-state index is 4.51. The number of aryl methyl sites for hydroxylation is 2. The van der Waals surface area contributed by atoms with Crippen molar-refractivity contribution >= 4 is 11.5 Å². The molecule has 0 aromatic carbocycles. The Hall–Kier alpha value is -2.43. The van der Waals surface area contributed by atoms with Gasteiger partial charge in [-0.3, -0.25) is 4.98 Å². The van der Waals surface area contributed by atoms with Gasteiger partial charge in [-0.25, -0.2) is 4.98 Å². The molecule has 108 valence electrons. The second-order valence-electron chi connectivity index (χ2n) is 5.22. The highest BCUT2D eigenvalue weighted by Crippen LogP contribution is 2.23. The molecular weight excluding hydrogens is 262 g/mol. The Morgan fingerprint density at radius 1 is 1.14 bits per heavy atom. The summed E-state index contributed by atoms with van der Waals surface area (Å²) in [5, 5.41) is 8.09. The Labute approximate surface area is 124 Å². The summed E-state index contributed by atoms with van der Waals surface area (Å²) in [5.74, 6) is 0.967. The van der Waals surface area contributed by atoms with E-state index >= 15 is 0 Å². The average molecular weight is 281 g/mol. The van der Waals surface area contributed by atoms with Gasteiger partial charge in [0, 0.05) is 30.2 Å². The van der Waals surface area contributed by atoms with Crippen LogP contribution < -0.4 is 5.32 Å². The highest BCUT2D eigenvalue weighted by Gasteiger charge is 2.12. The van der Waals surface area contributed by atoms with Crippen LogP contribution in [0.2, 0.25) is 0 Å². The second-order valence-corrected chi connectivity index (χ2v) is 5.22. The fraction of sp³-hybridized carbons (Fsp3) is 0.312. The van der Waals surface area contributed by atoms with E-state index in [0.29, 0.717) is 0 Å². The van der Waals surface area contributed by atoms with E-state index in [2.05, 4.69) is 27.3 Å². The number of anilines is 1. The summed E-state index contributed by atoms with van der Waals surface area (Å²) in [6.07, 6.45) is 4.63. The van der Waals surface area contributed by atoms with Crippen molar-refractivity contribution in [3.05, 3.63) is 53.6 Å². The zero-order valence-electron chi connectivity index (χ0n) is 12.5. The van der Waals surface area contributed by atoms with E-state index in [1.54, 1.807) is 0 Å². The molecule has 0 aliphatic rings. The summed E-state index contributed by atoms with van der Waals surface area (Å²) < 4.78 is 1.87. The molecule has 3 aromatic heterocycles. The predicted octanol–water partition coefficient (Wildman–Crippen LogP) is 3.30. The van der Waals surface area contributed by atoms with Gasteiger partial charge in [0.25, 0.3) is 0 Å². The Kier molecular flexibility index (Phi) is 3.56. The number of nitrogens with zero attached hydrogens (tertiary/aromatic N) is 4. The molecule has 0 aliphatic heterocycles. The molecule has 0 spiro atoms. The van der Waals surface area contributed by atoms with Gasteiger partial charge in [-0.15, -0.1) is 0 Å². The summed E-state index contributed by atoms with van der Waals surface area (Å²) in [4.78, 5) is 8.59. The van der Waals surface area contributed by atoms with E-state index < -0.39 is 0 Å². The van der Waals surface area contributed by atoms with Gasteiger partial charge in [0.2, 0.25) is 0 Å². The van der Waals surface area contributed by atoms with Crippen LogP contribution in [0, 0.1) is 13.8 Å². The summed E-state index contributed by atoms with van der Waals surface area (Å²) in [6.45, 7) is 6.15. The van der Waals surface area contributed by atoms with Crippen molar-refractivity contribution in [2.45, 2.75) is 33.2 Å². The fourth-order valence-corrected chi connectivity index (χ4v) is 2.51. The molecule has 0 aliphatic carbocycles. The van der Waals surface area contributed by atoms with E-state index in [1.165, 1.54) is 5.56 Å². The second kappa shape index (κ2) is 5.52. The lowest BCUT2D eigenvalue weighted by molar-refractivity contribution is 0.732. The molecule has 0 saturated heterocycles. The summed E-state index contributed by atoms with van der Waals surface area (Å²) in [6, 6.07) is 8.33. The number of rotatable bonds is 4. The maximum Gasteiger partial charge on any atom is 0.157 e. The third-order valence-corrected chi connectivity index (χ3v) is 3.52. The number of hydrogen-bond donors (Lipinski definition) is 1. The quantitative estimate of drug-likeness (QED) is 0.797. The number of hydrogen-bond acceptors (Lipinski definition) is 4. The fourth-order valence-electron chi connectivity index (χ4n) is 2.51. The minimum absolute atomic E-state index is 0.225. The van der Waals surface area contributed by atoms with Crippen LogP contribution in [-0.2, 0) is 0 Å². The summed E-state index contributed by atoms with van der Waals surface area (Å²) >= 11 is 0. The van der Waals surface area contributed by atoms with Crippen molar-refractivity contribution in [1.82, 2.24) is 19.6 Å².